The second-order valence-electron chi connectivity index (χ2n) is 7.95. The highest BCUT2D eigenvalue weighted by Crippen LogP contribution is 2.43. The summed E-state index contributed by atoms with van der Waals surface area (Å²) in [5.41, 5.74) is 8.51. The van der Waals surface area contributed by atoms with Gasteiger partial charge in [0.2, 0.25) is 5.88 Å². The van der Waals surface area contributed by atoms with E-state index in [4.69, 9.17) is 14.9 Å². The minimum Gasteiger partial charge on any atom is -0.444 e. The molecule has 1 aliphatic carbocycles. The van der Waals surface area contributed by atoms with Crippen molar-refractivity contribution in [2.24, 2.45) is 11.7 Å². The van der Waals surface area contributed by atoms with Crippen molar-refractivity contribution in [3.8, 4) is 6.07 Å². The van der Waals surface area contributed by atoms with Crippen LogP contribution in [-0.2, 0) is 9.53 Å². The van der Waals surface area contributed by atoms with Gasteiger partial charge in [0.25, 0.3) is 0 Å². The van der Waals surface area contributed by atoms with Crippen molar-refractivity contribution in [3.05, 3.63) is 63.0 Å². The molecule has 0 amide bonds. The summed E-state index contributed by atoms with van der Waals surface area (Å²) in [7, 11) is 0. The average molecular weight is 419 g/mol. The normalized spacial score (nSPS) is 21.0. The van der Waals surface area contributed by atoms with Crippen LogP contribution in [0.4, 0.5) is 5.69 Å². The predicted molar refractivity (Wildman–Crippen MR) is 117 cm³/mol. The Morgan fingerprint density at radius 3 is 2.61 bits per heavy atom. The first kappa shape index (κ1) is 20.7. The molecule has 4 rings (SSSR count). The number of benzene rings is 1. The third kappa shape index (κ3) is 3.48. The molecule has 7 nitrogen and oxygen atoms in total. The molecule has 2 aliphatic rings. The van der Waals surface area contributed by atoms with E-state index in [1.54, 1.807) is 6.92 Å². The molecule has 1 aromatic carbocycles. The van der Waals surface area contributed by atoms with Crippen LogP contribution in [0.3, 0.4) is 0 Å². The topological polar surface area (TPSA) is 110 Å². The van der Waals surface area contributed by atoms with Crippen molar-refractivity contribution in [2.45, 2.75) is 39.5 Å². The van der Waals surface area contributed by atoms with Crippen molar-refractivity contribution in [3.63, 3.8) is 0 Å². The molecule has 0 saturated heterocycles. The molecular weight excluding hydrogens is 394 g/mol. The molecule has 2 aromatic rings. The zero-order valence-electron chi connectivity index (χ0n) is 17.9. The lowest BCUT2D eigenvalue weighted by Gasteiger charge is -2.32. The molecule has 2 unspecified atom stereocenters. The second kappa shape index (κ2) is 7.95. The van der Waals surface area contributed by atoms with Gasteiger partial charge in [-0.3, -0.25) is 4.79 Å². The summed E-state index contributed by atoms with van der Waals surface area (Å²) in [6, 6.07) is 9.34. The lowest BCUT2D eigenvalue weighted by Crippen LogP contribution is -2.29. The van der Waals surface area contributed by atoms with Crippen LogP contribution >= 0.6 is 0 Å². The van der Waals surface area contributed by atoms with E-state index in [0.29, 0.717) is 23.3 Å². The van der Waals surface area contributed by atoms with Gasteiger partial charge >= 0.3 is 5.63 Å². The number of ether oxygens (including phenoxy) is 1. The van der Waals surface area contributed by atoms with Crippen LogP contribution < -0.4 is 16.3 Å². The number of rotatable bonds is 4. The first-order chi connectivity index (χ1) is 14.9. The monoisotopic (exact) mass is 419 g/mol. The standard InChI is InChI=1S/C24H25N3O4/c1-4-27(5-2)15-6-7-16-17(11-22(29)30-20(16)10-15)14-8-19(28)23-13(3)18(12-25)24(26)31-21(23)9-14/h6-7,10-11,13-14H,4-5,8-9,26H2,1-3H3. The number of fused-ring (bicyclic) bond motifs is 1. The summed E-state index contributed by atoms with van der Waals surface area (Å²) in [5, 5.41) is 10.1. The first-order valence-electron chi connectivity index (χ1n) is 10.5. The number of nitriles is 1. The number of nitrogens with two attached hydrogens (primary N) is 1. The van der Waals surface area contributed by atoms with Gasteiger partial charge in [-0.25, -0.2) is 4.79 Å². The lowest BCUT2D eigenvalue weighted by molar-refractivity contribution is -0.117. The van der Waals surface area contributed by atoms with Gasteiger partial charge in [-0.05, 0) is 37.5 Å². The van der Waals surface area contributed by atoms with E-state index >= 15 is 0 Å². The largest absolute Gasteiger partial charge is 0.444 e. The Morgan fingerprint density at radius 1 is 1.19 bits per heavy atom. The molecule has 2 N–H and O–H groups in total. The van der Waals surface area contributed by atoms with Gasteiger partial charge in [0.15, 0.2) is 5.78 Å². The Bertz CT molecular complexity index is 1230. The molecular formula is C24H25N3O4. The van der Waals surface area contributed by atoms with Crippen LogP contribution in [0.25, 0.3) is 11.0 Å². The summed E-state index contributed by atoms with van der Waals surface area (Å²) < 4.78 is 11.2. The second-order valence-corrected chi connectivity index (χ2v) is 7.95. The maximum absolute atomic E-state index is 13.0. The number of hydrogen-bond donors (Lipinski definition) is 1. The molecule has 2 heterocycles. The van der Waals surface area contributed by atoms with Crippen LogP contribution in [-0.4, -0.2) is 18.9 Å². The van der Waals surface area contributed by atoms with Crippen molar-refractivity contribution >= 4 is 22.4 Å². The summed E-state index contributed by atoms with van der Waals surface area (Å²) in [6.07, 6.45) is 0.669. The van der Waals surface area contributed by atoms with E-state index in [-0.39, 0.29) is 29.6 Å². The molecule has 0 spiro atoms. The van der Waals surface area contributed by atoms with Crippen molar-refractivity contribution < 1.29 is 13.9 Å². The quantitative estimate of drug-likeness (QED) is 0.753. The number of carbonyl (C=O) groups excluding carboxylic acids is 1. The fraction of sp³-hybridized carbons (Fsp3) is 0.375. The van der Waals surface area contributed by atoms with Gasteiger partial charge in [0.1, 0.15) is 17.4 Å². The molecule has 1 aliphatic heterocycles. The highest BCUT2D eigenvalue weighted by Gasteiger charge is 2.38. The zero-order valence-corrected chi connectivity index (χ0v) is 17.9. The van der Waals surface area contributed by atoms with Crippen LogP contribution in [0.2, 0.25) is 0 Å². The number of ketones is 1. The van der Waals surface area contributed by atoms with Crippen LogP contribution in [0, 0.1) is 17.2 Å². The molecule has 7 heteroatoms. The van der Waals surface area contributed by atoms with Gasteiger partial charge in [0.05, 0.1) is 5.57 Å². The minimum atomic E-state index is -0.449. The van der Waals surface area contributed by atoms with Crippen molar-refractivity contribution in [1.29, 1.82) is 5.26 Å². The minimum absolute atomic E-state index is 0.0449. The van der Waals surface area contributed by atoms with E-state index in [1.165, 1.54) is 6.07 Å². The summed E-state index contributed by atoms with van der Waals surface area (Å²) in [6.45, 7) is 7.62. The Kier molecular flexibility index (Phi) is 5.32. The number of carbonyl (C=O) groups is 1. The fourth-order valence-electron chi connectivity index (χ4n) is 4.69. The number of anilines is 1. The lowest BCUT2D eigenvalue weighted by atomic mass is 9.76. The van der Waals surface area contributed by atoms with Gasteiger partial charge in [-0.2, -0.15) is 5.26 Å². The van der Waals surface area contributed by atoms with Gasteiger partial charge in [0, 0.05) is 60.6 Å². The maximum Gasteiger partial charge on any atom is 0.336 e. The van der Waals surface area contributed by atoms with Gasteiger partial charge in [-0.15, -0.1) is 0 Å². The first-order valence-corrected chi connectivity index (χ1v) is 10.5. The van der Waals surface area contributed by atoms with E-state index in [1.807, 2.05) is 24.3 Å². The molecule has 0 bridgehead atoms. The summed E-state index contributed by atoms with van der Waals surface area (Å²) in [4.78, 5) is 27.5. The third-order valence-corrected chi connectivity index (χ3v) is 6.28. The fourth-order valence-corrected chi connectivity index (χ4v) is 4.69. The molecule has 2 atom stereocenters. The highest BCUT2D eigenvalue weighted by molar-refractivity contribution is 5.99. The molecule has 31 heavy (non-hydrogen) atoms. The third-order valence-electron chi connectivity index (χ3n) is 6.28. The molecule has 1 aromatic heterocycles. The number of Topliss-reactive ketones (excluding diaryl/α,β-unsaturated/α-hetero) is 1. The van der Waals surface area contributed by atoms with Crippen LogP contribution in [0.5, 0.6) is 0 Å². The number of allylic oxidation sites excluding steroid dienone is 3. The van der Waals surface area contributed by atoms with Crippen molar-refractivity contribution in [2.75, 3.05) is 18.0 Å². The number of nitrogens with zero attached hydrogens (tertiary/aromatic N) is 2. The Morgan fingerprint density at radius 2 is 1.94 bits per heavy atom. The van der Waals surface area contributed by atoms with Crippen molar-refractivity contribution in [1.82, 2.24) is 0 Å². The number of hydrogen-bond acceptors (Lipinski definition) is 7. The van der Waals surface area contributed by atoms with E-state index in [0.717, 1.165) is 29.7 Å². The van der Waals surface area contributed by atoms with E-state index in [9.17, 15) is 14.9 Å². The Hall–Kier alpha value is -3.53. The summed E-state index contributed by atoms with van der Waals surface area (Å²) >= 11 is 0. The Balaban J connectivity index is 1.76. The van der Waals surface area contributed by atoms with E-state index in [2.05, 4.69) is 18.7 Å². The predicted octanol–water partition coefficient (Wildman–Crippen LogP) is 3.70. The SMILES string of the molecule is CCN(CC)c1ccc2c(C3CC(=O)C4=C(C3)OC(N)=C(C#N)C4C)cc(=O)oc2c1. The zero-order chi connectivity index (χ0) is 22.3. The van der Waals surface area contributed by atoms with Crippen LogP contribution in [0.15, 0.2) is 56.3 Å². The average Bonchev–Trinajstić information content (AvgIpc) is 2.73. The van der Waals surface area contributed by atoms with Gasteiger partial charge in [-0.1, -0.05) is 6.92 Å². The maximum atomic E-state index is 13.0. The Labute approximate surface area is 180 Å². The highest BCUT2D eigenvalue weighted by atomic mass is 16.5. The van der Waals surface area contributed by atoms with Gasteiger partial charge < -0.3 is 19.8 Å². The molecule has 160 valence electrons. The van der Waals surface area contributed by atoms with Crippen LogP contribution in [0.1, 0.15) is 45.1 Å². The molecule has 0 fully saturated rings. The smallest absolute Gasteiger partial charge is 0.336 e. The molecule has 0 radical (unpaired) electrons. The molecule has 0 saturated carbocycles. The van der Waals surface area contributed by atoms with E-state index < -0.39 is 11.5 Å². The summed E-state index contributed by atoms with van der Waals surface area (Å²) in [5.74, 6) is -0.174.